The lowest BCUT2D eigenvalue weighted by atomic mass is 10.0. The van der Waals surface area contributed by atoms with Gasteiger partial charge < -0.3 is 10.1 Å². The van der Waals surface area contributed by atoms with E-state index in [0.29, 0.717) is 13.0 Å². The Morgan fingerprint density at radius 1 is 1.15 bits per heavy atom. The number of likely N-dealkylation sites (tertiary alicyclic amines) is 1. The Bertz CT molecular complexity index is 841. The highest BCUT2D eigenvalue weighted by molar-refractivity contribution is 5.87. The Hall–Kier alpha value is -2.56. The van der Waals surface area contributed by atoms with Gasteiger partial charge in [-0.15, -0.1) is 0 Å². The maximum atomic E-state index is 12.8. The first-order valence-corrected chi connectivity index (χ1v) is 9.53. The SMILES string of the molecule is C[C@H](NC(=O)[C@@H]1CCCN1C(=O)OC(C)(C)C)c1ccc2ccccc2c1. The number of carbonyl (C=O) groups excluding carboxylic acids is 2. The Labute approximate surface area is 160 Å². The number of nitrogens with zero attached hydrogens (tertiary/aromatic N) is 1. The van der Waals surface area contributed by atoms with Crippen molar-refractivity contribution in [2.75, 3.05) is 6.54 Å². The molecule has 1 heterocycles. The molecule has 2 aromatic carbocycles. The number of ether oxygens (including phenoxy) is 1. The summed E-state index contributed by atoms with van der Waals surface area (Å²) < 4.78 is 5.45. The Balaban J connectivity index is 1.68. The van der Waals surface area contributed by atoms with Crippen LogP contribution in [0.2, 0.25) is 0 Å². The van der Waals surface area contributed by atoms with E-state index >= 15 is 0 Å². The number of hydrogen-bond acceptors (Lipinski definition) is 3. The second kappa shape index (κ2) is 7.59. The molecule has 144 valence electrons. The van der Waals surface area contributed by atoms with Crippen LogP contribution >= 0.6 is 0 Å². The van der Waals surface area contributed by atoms with E-state index in [0.717, 1.165) is 17.4 Å². The van der Waals surface area contributed by atoms with Crippen molar-refractivity contribution < 1.29 is 14.3 Å². The third-order valence-corrected chi connectivity index (χ3v) is 4.82. The van der Waals surface area contributed by atoms with Crippen molar-refractivity contribution in [3.63, 3.8) is 0 Å². The molecule has 0 aromatic heterocycles. The minimum absolute atomic E-state index is 0.126. The third kappa shape index (κ3) is 4.59. The molecule has 0 spiro atoms. The van der Waals surface area contributed by atoms with Gasteiger partial charge in [-0.3, -0.25) is 9.69 Å². The normalized spacial score (nSPS) is 18.4. The van der Waals surface area contributed by atoms with Gasteiger partial charge in [0, 0.05) is 6.54 Å². The van der Waals surface area contributed by atoms with Gasteiger partial charge in [0.05, 0.1) is 6.04 Å². The van der Waals surface area contributed by atoms with Crippen molar-refractivity contribution in [2.24, 2.45) is 0 Å². The summed E-state index contributed by atoms with van der Waals surface area (Å²) in [6.07, 6.45) is 1.05. The first-order valence-electron chi connectivity index (χ1n) is 9.53. The predicted octanol–water partition coefficient (Wildman–Crippen LogP) is 4.42. The largest absolute Gasteiger partial charge is 0.444 e. The molecule has 5 nitrogen and oxygen atoms in total. The van der Waals surface area contributed by atoms with Crippen LogP contribution in [0.1, 0.15) is 52.1 Å². The maximum Gasteiger partial charge on any atom is 0.410 e. The lowest BCUT2D eigenvalue weighted by Gasteiger charge is -2.28. The van der Waals surface area contributed by atoms with E-state index in [2.05, 4.69) is 29.6 Å². The summed E-state index contributed by atoms with van der Waals surface area (Å²) in [5.41, 5.74) is 0.475. The van der Waals surface area contributed by atoms with Crippen LogP contribution in [0.4, 0.5) is 4.79 Å². The van der Waals surface area contributed by atoms with Gasteiger partial charge in [-0.25, -0.2) is 4.79 Å². The maximum absolute atomic E-state index is 12.8. The van der Waals surface area contributed by atoms with Crippen LogP contribution in [0, 0.1) is 0 Å². The monoisotopic (exact) mass is 368 g/mol. The molecule has 0 bridgehead atoms. The van der Waals surface area contributed by atoms with Gasteiger partial charge in [-0.2, -0.15) is 0 Å². The van der Waals surface area contributed by atoms with E-state index in [1.165, 1.54) is 5.39 Å². The Morgan fingerprint density at radius 2 is 1.85 bits per heavy atom. The molecule has 0 radical (unpaired) electrons. The number of amides is 2. The zero-order valence-electron chi connectivity index (χ0n) is 16.5. The fourth-order valence-corrected chi connectivity index (χ4v) is 3.45. The summed E-state index contributed by atoms with van der Waals surface area (Å²) >= 11 is 0. The highest BCUT2D eigenvalue weighted by atomic mass is 16.6. The lowest BCUT2D eigenvalue weighted by molar-refractivity contribution is -0.126. The molecule has 0 unspecified atom stereocenters. The Kier molecular flexibility index (Phi) is 5.40. The highest BCUT2D eigenvalue weighted by Crippen LogP contribution is 2.24. The average molecular weight is 368 g/mol. The fourth-order valence-electron chi connectivity index (χ4n) is 3.45. The molecule has 2 atom stereocenters. The van der Waals surface area contributed by atoms with E-state index in [-0.39, 0.29) is 11.9 Å². The number of nitrogens with one attached hydrogen (secondary N) is 1. The molecule has 3 rings (SSSR count). The molecular formula is C22H28N2O3. The van der Waals surface area contributed by atoms with E-state index < -0.39 is 17.7 Å². The number of benzene rings is 2. The quantitative estimate of drug-likeness (QED) is 0.873. The van der Waals surface area contributed by atoms with Crippen LogP contribution in [0.3, 0.4) is 0 Å². The predicted molar refractivity (Wildman–Crippen MR) is 106 cm³/mol. The van der Waals surface area contributed by atoms with Crippen LogP contribution in [-0.4, -0.2) is 35.1 Å². The molecule has 27 heavy (non-hydrogen) atoms. The second-order valence-corrected chi connectivity index (χ2v) is 8.17. The molecule has 1 saturated heterocycles. The van der Waals surface area contributed by atoms with Gasteiger partial charge in [0.2, 0.25) is 5.91 Å². The van der Waals surface area contributed by atoms with E-state index in [9.17, 15) is 9.59 Å². The first kappa shape index (κ1) is 19.2. The van der Waals surface area contributed by atoms with Crippen LogP contribution < -0.4 is 5.32 Å². The number of carbonyl (C=O) groups is 2. The lowest BCUT2D eigenvalue weighted by Crippen LogP contribution is -2.48. The van der Waals surface area contributed by atoms with Crippen molar-refractivity contribution in [3.8, 4) is 0 Å². The number of fused-ring (bicyclic) bond motifs is 1. The van der Waals surface area contributed by atoms with Crippen molar-refractivity contribution in [1.29, 1.82) is 0 Å². The number of hydrogen-bond donors (Lipinski definition) is 1. The summed E-state index contributed by atoms with van der Waals surface area (Å²) in [5.74, 6) is -0.126. The molecular weight excluding hydrogens is 340 g/mol. The molecule has 0 saturated carbocycles. The van der Waals surface area contributed by atoms with Gasteiger partial charge in [-0.1, -0.05) is 36.4 Å². The van der Waals surface area contributed by atoms with Crippen molar-refractivity contribution in [3.05, 3.63) is 48.0 Å². The molecule has 1 aliphatic rings. The van der Waals surface area contributed by atoms with Gasteiger partial charge in [0.15, 0.2) is 0 Å². The summed E-state index contributed by atoms with van der Waals surface area (Å²) in [6, 6.07) is 13.7. The molecule has 1 aliphatic heterocycles. The Morgan fingerprint density at radius 3 is 2.56 bits per heavy atom. The zero-order chi connectivity index (χ0) is 19.6. The van der Waals surface area contributed by atoms with Gasteiger partial charge >= 0.3 is 6.09 Å². The van der Waals surface area contributed by atoms with E-state index in [1.54, 1.807) is 4.90 Å². The zero-order valence-corrected chi connectivity index (χ0v) is 16.5. The van der Waals surface area contributed by atoms with Gasteiger partial charge in [0.1, 0.15) is 11.6 Å². The van der Waals surface area contributed by atoms with Crippen molar-refractivity contribution in [1.82, 2.24) is 10.2 Å². The highest BCUT2D eigenvalue weighted by Gasteiger charge is 2.37. The van der Waals surface area contributed by atoms with Crippen LogP contribution in [0.5, 0.6) is 0 Å². The minimum atomic E-state index is -0.570. The standard InChI is InChI=1S/C22H28N2O3/c1-15(17-12-11-16-8-5-6-9-18(16)14-17)23-20(25)19-10-7-13-24(19)21(26)27-22(2,3)4/h5-6,8-9,11-12,14-15,19H,7,10,13H2,1-4H3,(H,23,25)/t15-,19-/m0/s1. The van der Waals surface area contributed by atoms with E-state index in [1.807, 2.05) is 45.9 Å². The third-order valence-electron chi connectivity index (χ3n) is 4.82. The van der Waals surface area contributed by atoms with Gasteiger partial charge in [-0.05, 0) is 62.9 Å². The van der Waals surface area contributed by atoms with Crippen LogP contribution in [-0.2, 0) is 9.53 Å². The molecule has 5 heteroatoms. The summed E-state index contributed by atoms with van der Waals surface area (Å²) in [6.45, 7) is 8.01. The van der Waals surface area contributed by atoms with Crippen LogP contribution in [0.25, 0.3) is 10.8 Å². The van der Waals surface area contributed by atoms with Gasteiger partial charge in [0.25, 0.3) is 0 Å². The molecule has 2 aromatic rings. The average Bonchev–Trinajstić information content (AvgIpc) is 3.10. The second-order valence-electron chi connectivity index (χ2n) is 8.17. The molecule has 2 amide bonds. The fraction of sp³-hybridized carbons (Fsp3) is 0.455. The topological polar surface area (TPSA) is 58.6 Å². The molecule has 0 aliphatic carbocycles. The number of rotatable bonds is 3. The molecule has 1 fully saturated rings. The van der Waals surface area contributed by atoms with Crippen LogP contribution in [0.15, 0.2) is 42.5 Å². The summed E-state index contributed by atoms with van der Waals surface area (Å²) in [4.78, 5) is 26.8. The summed E-state index contributed by atoms with van der Waals surface area (Å²) in [5, 5.41) is 5.38. The van der Waals surface area contributed by atoms with E-state index in [4.69, 9.17) is 4.74 Å². The first-order chi connectivity index (χ1) is 12.7. The molecule has 1 N–H and O–H groups in total. The van der Waals surface area contributed by atoms with Crippen molar-refractivity contribution in [2.45, 2.75) is 58.2 Å². The van der Waals surface area contributed by atoms with Crippen molar-refractivity contribution >= 4 is 22.8 Å². The smallest absolute Gasteiger partial charge is 0.410 e. The minimum Gasteiger partial charge on any atom is -0.444 e. The summed E-state index contributed by atoms with van der Waals surface area (Å²) in [7, 11) is 0.